The average molecular weight is 855 g/mol. The molecule has 330 valence electrons. The van der Waals surface area contributed by atoms with Crippen LogP contribution in [0.15, 0.2) is 97.1 Å². The van der Waals surface area contributed by atoms with E-state index in [0.717, 1.165) is 106 Å². The molecule has 0 aliphatic heterocycles. The summed E-state index contributed by atoms with van der Waals surface area (Å²) in [5.74, 6) is 1.21. The molecule has 0 fully saturated rings. The molecule has 6 nitrogen and oxygen atoms in total. The van der Waals surface area contributed by atoms with Crippen molar-refractivity contribution in [1.82, 2.24) is 0 Å². The lowest BCUT2D eigenvalue weighted by Gasteiger charge is -2.26. The van der Waals surface area contributed by atoms with E-state index in [1.807, 2.05) is 84.9 Å². The van der Waals surface area contributed by atoms with E-state index in [1.165, 1.54) is 11.1 Å². The monoisotopic (exact) mass is 854 g/mol. The van der Waals surface area contributed by atoms with Crippen molar-refractivity contribution in [2.45, 2.75) is 101 Å². The maximum atomic E-state index is 11.7. The van der Waals surface area contributed by atoms with E-state index in [2.05, 4.69) is 64.1 Å². The number of hydrogen-bond acceptors (Lipinski definition) is 6. The van der Waals surface area contributed by atoms with Crippen LogP contribution in [0.5, 0.6) is 34.5 Å². The Bertz CT molecular complexity index is 2610. The lowest BCUT2D eigenvalue weighted by atomic mass is 9.78. The van der Waals surface area contributed by atoms with E-state index in [4.69, 9.17) is 4.74 Å². The van der Waals surface area contributed by atoms with Crippen molar-refractivity contribution in [3.05, 3.63) is 208 Å². The van der Waals surface area contributed by atoms with E-state index < -0.39 is 0 Å². The zero-order valence-corrected chi connectivity index (χ0v) is 39.2. The molecule has 0 saturated heterocycles. The summed E-state index contributed by atoms with van der Waals surface area (Å²) in [4.78, 5) is 0. The van der Waals surface area contributed by atoms with Crippen molar-refractivity contribution in [3.63, 3.8) is 0 Å². The van der Waals surface area contributed by atoms with Gasteiger partial charge < -0.3 is 30.3 Å². The third-order valence-corrected chi connectivity index (χ3v) is 13.2. The highest BCUT2D eigenvalue weighted by Crippen LogP contribution is 2.45. The van der Waals surface area contributed by atoms with E-state index in [-0.39, 0.29) is 40.6 Å². The number of phenols is 5. The maximum absolute atomic E-state index is 11.7. The van der Waals surface area contributed by atoms with Crippen molar-refractivity contribution < 1.29 is 30.3 Å². The molecule has 0 amide bonds. The Hall–Kier alpha value is -6.66. The first-order valence-corrected chi connectivity index (χ1v) is 22.2. The molecule has 0 heterocycles. The quantitative estimate of drug-likeness (QED) is 0.0783. The van der Waals surface area contributed by atoms with Gasteiger partial charge in [0.15, 0.2) is 0 Å². The Morgan fingerprint density at radius 3 is 1.08 bits per heavy atom. The number of phenolic OH excluding ortho intramolecular Hbond substituents is 5. The van der Waals surface area contributed by atoms with Crippen LogP contribution in [0.25, 0.3) is 0 Å². The fraction of sp³-hybridized carbons (Fsp3) is 0.276. The number of benzene rings is 7. The summed E-state index contributed by atoms with van der Waals surface area (Å²) in [6, 6.07) is 32.0. The third-order valence-electron chi connectivity index (χ3n) is 13.2. The minimum absolute atomic E-state index is 0.161. The predicted molar refractivity (Wildman–Crippen MR) is 259 cm³/mol. The van der Waals surface area contributed by atoms with Gasteiger partial charge in [-0.05, 0) is 201 Å². The van der Waals surface area contributed by atoms with Gasteiger partial charge in [-0.15, -0.1) is 0 Å². The SMILES string of the molecule is CCOc1c(Cc2ccc(O)c(C(c3cc(C)c(C)cc3C)c3cc(C)c(O)cc3C)c2)cc(C)cc1Cc1ccc(O)c(C(c2cc(C)c(O)cc2C)c2cc(C)c(O)cc2C)c1. The van der Waals surface area contributed by atoms with Gasteiger partial charge in [-0.25, -0.2) is 0 Å². The van der Waals surface area contributed by atoms with Crippen LogP contribution in [0.1, 0.15) is 130 Å². The lowest BCUT2D eigenvalue weighted by Crippen LogP contribution is -2.10. The van der Waals surface area contributed by atoms with Gasteiger partial charge >= 0.3 is 0 Å². The highest BCUT2D eigenvalue weighted by Gasteiger charge is 2.28. The fourth-order valence-corrected chi connectivity index (χ4v) is 9.55. The highest BCUT2D eigenvalue weighted by molar-refractivity contribution is 5.60. The summed E-state index contributed by atoms with van der Waals surface area (Å²) in [6.45, 7) is 22.6. The standard InChI is InChI=1S/C58H62O6/c1-12-64-58-43(27-41-13-15-51(59)49(29-41)56(45-20-33(4)32(3)19-34(45)5)46-21-38(9)53(61)24-35(46)6)17-31(2)18-44(58)28-42-14-16-52(60)50(30-42)57(47-22-39(10)54(62)25-36(47)7)48-23-40(11)55(63)26-37(48)8/h13-26,29-30,56-57,59-63H,12,27-28H2,1-11H3. The molecule has 0 radical (unpaired) electrons. The molecule has 64 heavy (non-hydrogen) atoms. The van der Waals surface area contributed by atoms with Gasteiger partial charge in [0.25, 0.3) is 0 Å². The highest BCUT2D eigenvalue weighted by atomic mass is 16.5. The van der Waals surface area contributed by atoms with Crippen LogP contribution in [-0.4, -0.2) is 32.1 Å². The van der Waals surface area contributed by atoms with Crippen molar-refractivity contribution >= 4 is 0 Å². The summed E-state index contributed by atoms with van der Waals surface area (Å²) >= 11 is 0. The average Bonchev–Trinajstić information content (AvgIpc) is 3.23. The van der Waals surface area contributed by atoms with Crippen LogP contribution in [0.3, 0.4) is 0 Å². The molecule has 0 aliphatic rings. The molecule has 7 aromatic rings. The first kappa shape index (κ1) is 45.4. The molecule has 0 saturated carbocycles. The number of aromatic hydroxyl groups is 5. The molecule has 0 bridgehead atoms. The van der Waals surface area contributed by atoms with Crippen molar-refractivity contribution in [3.8, 4) is 34.5 Å². The molecular formula is C58H62O6. The Morgan fingerprint density at radius 1 is 0.359 bits per heavy atom. The van der Waals surface area contributed by atoms with Crippen molar-refractivity contribution in [2.75, 3.05) is 6.61 Å². The van der Waals surface area contributed by atoms with Crippen molar-refractivity contribution in [2.24, 2.45) is 0 Å². The smallest absolute Gasteiger partial charge is 0.126 e. The molecule has 0 aliphatic carbocycles. The molecule has 0 spiro atoms. The molecule has 1 unspecified atom stereocenters. The summed E-state index contributed by atoms with van der Waals surface area (Å²) in [5.41, 5.74) is 19.3. The van der Waals surface area contributed by atoms with E-state index in [0.29, 0.717) is 19.4 Å². The summed E-state index contributed by atoms with van der Waals surface area (Å²) in [7, 11) is 0. The van der Waals surface area contributed by atoms with Gasteiger partial charge in [0.1, 0.15) is 34.5 Å². The normalized spacial score (nSPS) is 11.9. The molecule has 7 aromatic carbocycles. The molecule has 0 aromatic heterocycles. The van der Waals surface area contributed by atoms with Gasteiger partial charge in [-0.3, -0.25) is 0 Å². The van der Waals surface area contributed by atoms with Gasteiger partial charge in [0.2, 0.25) is 0 Å². The van der Waals surface area contributed by atoms with Gasteiger partial charge in [-0.2, -0.15) is 0 Å². The minimum Gasteiger partial charge on any atom is -0.508 e. The summed E-state index contributed by atoms with van der Waals surface area (Å²) < 4.78 is 6.54. The Kier molecular flexibility index (Phi) is 12.9. The van der Waals surface area contributed by atoms with Gasteiger partial charge in [0, 0.05) is 35.8 Å². The minimum atomic E-state index is -0.382. The Labute approximate surface area is 379 Å². The zero-order chi connectivity index (χ0) is 46.3. The number of aryl methyl sites for hydroxylation is 10. The lowest BCUT2D eigenvalue weighted by molar-refractivity contribution is 0.334. The van der Waals surface area contributed by atoms with Crippen LogP contribution in [-0.2, 0) is 12.8 Å². The third kappa shape index (κ3) is 9.05. The maximum Gasteiger partial charge on any atom is 0.126 e. The van der Waals surface area contributed by atoms with E-state index >= 15 is 0 Å². The zero-order valence-electron chi connectivity index (χ0n) is 39.2. The first-order chi connectivity index (χ1) is 30.3. The van der Waals surface area contributed by atoms with E-state index in [9.17, 15) is 25.5 Å². The van der Waals surface area contributed by atoms with E-state index in [1.54, 1.807) is 24.3 Å². The molecular weight excluding hydrogens is 793 g/mol. The second kappa shape index (κ2) is 18.2. The number of rotatable bonds is 12. The van der Waals surface area contributed by atoms with Crippen LogP contribution in [0, 0.1) is 69.2 Å². The largest absolute Gasteiger partial charge is 0.508 e. The van der Waals surface area contributed by atoms with Gasteiger partial charge in [-0.1, -0.05) is 72.3 Å². The second-order valence-corrected chi connectivity index (χ2v) is 18.1. The molecule has 5 N–H and O–H groups in total. The van der Waals surface area contributed by atoms with Crippen molar-refractivity contribution in [1.29, 1.82) is 0 Å². The molecule has 6 heteroatoms. The molecule has 1 atom stereocenters. The summed E-state index contributed by atoms with van der Waals surface area (Å²) in [5, 5.41) is 55.3. The first-order valence-electron chi connectivity index (χ1n) is 22.2. The second-order valence-electron chi connectivity index (χ2n) is 18.1. The van der Waals surface area contributed by atoms with Crippen LogP contribution < -0.4 is 4.74 Å². The van der Waals surface area contributed by atoms with Crippen LogP contribution >= 0.6 is 0 Å². The number of ether oxygens (including phenoxy) is 1. The fourth-order valence-electron chi connectivity index (χ4n) is 9.55. The van der Waals surface area contributed by atoms with Gasteiger partial charge in [0.05, 0.1) is 6.61 Å². The topological polar surface area (TPSA) is 110 Å². The summed E-state index contributed by atoms with van der Waals surface area (Å²) in [6.07, 6.45) is 1.10. The Morgan fingerprint density at radius 2 is 0.703 bits per heavy atom. The van der Waals surface area contributed by atoms with Crippen LogP contribution in [0.2, 0.25) is 0 Å². The predicted octanol–water partition coefficient (Wildman–Crippen LogP) is 13.2. The molecule has 7 rings (SSSR count). The Balaban J connectivity index is 1.32. The number of hydrogen-bond donors (Lipinski definition) is 5. The van der Waals surface area contributed by atoms with Crippen LogP contribution in [0.4, 0.5) is 0 Å².